The molecule has 1 amide bonds. The molecule has 30 heavy (non-hydrogen) atoms. The third-order valence-corrected chi connectivity index (χ3v) is 5.68. The van der Waals surface area contributed by atoms with Crippen molar-refractivity contribution in [3.05, 3.63) is 46.7 Å². The lowest BCUT2D eigenvalue weighted by Gasteiger charge is -2.28. The Morgan fingerprint density at radius 3 is 2.47 bits per heavy atom. The number of rotatable bonds is 7. The Bertz CT molecular complexity index is 919. The third-order valence-electron chi connectivity index (χ3n) is 5.68. The van der Waals surface area contributed by atoms with Gasteiger partial charge < -0.3 is 15.0 Å². The van der Waals surface area contributed by atoms with E-state index in [9.17, 15) is 4.79 Å². The van der Waals surface area contributed by atoms with E-state index in [0.717, 1.165) is 41.7 Å². The second-order valence-electron chi connectivity index (χ2n) is 8.37. The van der Waals surface area contributed by atoms with Crippen LogP contribution in [0.2, 0.25) is 0 Å². The summed E-state index contributed by atoms with van der Waals surface area (Å²) >= 11 is 0. The van der Waals surface area contributed by atoms with E-state index in [2.05, 4.69) is 40.0 Å². The van der Waals surface area contributed by atoms with Crippen molar-refractivity contribution in [1.29, 1.82) is 0 Å². The molecule has 1 fully saturated rings. The molecular weight excluding hydrogens is 378 g/mol. The average Bonchev–Trinajstić information content (AvgIpc) is 3.49. The van der Waals surface area contributed by atoms with Gasteiger partial charge >= 0.3 is 0 Å². The van der Waals surface area contributed by atoms with Crippen LogP contribution in [0.4, 0.5) is 0 Å². The summed E-state index contributed by atoms with van der Waals surface area (Å²) < 4.78 is 5.07. The van der Waals surface area contributed by atoms with Gasteiger partial charge in [0.2, 0.25) is 5.88 Å². The minimum absolute atomic E-state index is 0.0208. The molecule has 2 aliphatic rings. The Balaban J connectivity index is 1.77. The number of nitrogens with one attached hydrogen (secondary N) is 1. The fraction of sp³-hybridized carbons (Fsp3) is 0.478. The van der Waals surface area contributed by atoms with Crippen LogP contribution in [-0.4, -0.2) is 53.2 Å². The van der Waals surface area contributed by atoms with Crippen molar-refractivity contribution >= 4 is 18.2 Å². The highest BCUT2D eigenvalue weighted by Crippen LogP contribution is 2.36. The second kappa shape index (κ2) is 8.81. The standard InChI is InChI=1S/C23H31N5O2/c1-15(2)20(16(3)21(24-5)27-23(4)9-10-23)22(29)28-11-7-17(8-12-28)18-13-26-19(30-6)14-25-18/h7,13-14,27H,5,8-12H2,1-4,6H3/b21-16-. The predicted octanol–water partition coefficient (Wildman–Crippen LogP) is 3.51. The van der Waals surface area contributed by atoms with Gasteiger partial charge in [-0.1, -0.05) is 11.6 Å². The number of nitrogens with zero attached hydrogens (tertiary/aromatic N) is 4. The summed E-state index contributed by atoms with van der Waals surface area (Å²) in [5.41, 5.74) is 4.50. The number of hydrogen-bond acceptors (Lipinski definition) is 6. The van der Waals surface area contributed by atoms with Crippen LogP contribution in [0.5, 0.6) is 5.88 Å². The van der Waals surface area contributed by atoms with Crippen molar-refractivity contribution in [2.75, 3.05) is 20.2 Å². The number of carbonyl (C=O) groups is 1. The first-order valence-electron chi connectivity index (χ1n) is 10.3. The van der Waals surface area contributed by atoms with E-state index in [4.69, 9.17) is 4.74 Å². The van der Waals surface area contributed by atoms with Gasteiger partial charge in [0.15, 0.2) is 0 Å². The van der Waals surface area contributed by atoms with Gasteiger partial charge in [0, 0.05) is 29.8 Å². The van der Waals surface area contributed by atoms with E-state index in [0.29, 0.717) is 30.4 Å². The summed E-state index contributed by atoms with van der Waals surface area (Å²) in [6.07, 6.45) is 8.31. The van der Waals surface area contributed by atoms with Crippen LogP contribution < -0.4 is 10.1 Å². The molecule has 1 aliphatic carbocycles. The van der Waals surface area contributed by atoms with Crippen LogP contribution in [0, 0.1) is 0 Å². The zero-order valence-electron chi connectivity index (χ0n) is 18.6. The summed E-state index contributed by atoms with van der Waals surface area (Å²) in [6.45, 7) is 12.9. The number of amides is 1. The smallest absolute Gasteiger partial charge is 0.254 e. The number of aromatic nitrogens is 2. The van der Waals surface area contributed by atoms with Gasteiger partial charge in [0.05, 0.1) is 25.2 Å². The molecule has 160 valence electrons. The molecule has 2 heterocycles. The average molecular weight is 410 g/mol. The molecule has 0 unspecified atom stereocenters. The van der Waals surface area contributed by atoms with E-state index in [1.54, 1.807) is 19.5 Å². The molecule has 1 aromatic heterocycles. The Labute approximate surface area is 178 Å². The molecule has 0 bridgehead atoms. The molecule has 0 atom stereocenters. The normalized spacial score (nSPS) is 18.0. The maximum atomic E-state index is 13.4. The van der Waals surface area contributed by atoms with Crippen LogP contribution in [0.25, 0.3) is 5.57 Å². The number of ether oxygens (including phenoxy) is 1. The fourth-order valence-electron chi connectivity index (χ4n) is 3.55. The van der Waals surface area contributed by atoms with Crippen LogP contribution in [-0.2, 0) is 4.79 Å². The number of hydrogen-bond donors (Lipinski definition) is 1. The van der Waals surface area contributed by atoms with Crippen molar-refractivity contribution in [2.24, 2.45) is 4.99 Å². The minimum atomic E-state index is 0.0208. The summed E-state index contributed by atoms with van der Waals surface area (Å²) in [5, 5.41) is 3.46. The van der Waals surface area contributed by atoms with Crippen LogP contribution in [0.15, 0.2) is 46.0 Å². The van der Waals surface area contributed by atoms with Crippen molar-refractivity contribution in [2.45, 2.75) is 52.5 Å². The number of carbonyl (C=O) groups excluding carboxylic acids is 1. The lowest BCUT2D eigenvalue weighted by atomic mass is 9.98. The van der Waals surface area contributed by atoms with Gasteiger partial charge in [-0.25, -0.2) is 15.0 Å². The van der Waals surface area contributed by atoms with Gasteiger partial charge in [-0.3, -0.25) is 4.79 Å². The van der Waals surface area contributed by atoms with E-state index in [1.807, 2.05) is 25.7 Å². The molecule has 0 aromatic carbocycles. The van der Waals surface area contributed by atoms with E-state index in [-0.39, 0.29) is 11.4 Å². The second-order valence-corrected chi connectivity index (χ2v) is 8.37. The van der Waals surface area contributed by atoms with Crippen LogP contribution in [0.1, 0.15) is 52.7 Å². The van der Waals surface area contributed by atoms with E-state index < -0.39 is 0 Å². The van der Waals surface area contributed by atoms with Crippen LogP contribution >= 0.6 is 0 Å². The maximum absolute atomic E-state index is 13.4. The van der Waals surface area contributed by atoms with Gasteiger partial charge in [0.1, 0.15) is 5.82 Å². The third kappa shape index (κ3) is 4.78. The first-order chi connectivity index (χ1) is 14.3. The molecule has 1 N–H and O–H groups in total. The van der Waals surface area contributed by atoms with Gasteiger partial charge in [-0.05, 0) is 59.2 Å². The summed E-state index contributed by atoms with van der Waals surface area (Å²) in [7, 11) is 1.57. The molecule has 0 radical (unpaired) electrons. The molecule has 1 aliphatic heterocycles. The molecule has 7 heteroatoms. The number of allylic oxidation sites excluding steroid dienone is 1. The fourth-order valence-corrected chi connectivity index (χ4v) is 3.55. The summed E-state index contributed by atoms with van der Waals surface area (Å²) in [4.78, 5) is 28.1. The zero-order valence-corrected chi connectivity index (χ0v) is 18.6. The largest absolute Gasteiger partial charge is 0.480 e. The Morgan fingerprint density at radius 2 is 2.00 bits per heavy atom. The monoisotopic (exact) mass is 409 g/mol. The highest BCUT2D eigenvalue weighted by Gasteiger charge is 2.38. The first-order valence-corrected chi connectivity index (χ1v) is 10.3. The molecule has 3 rings (SSSR count). The highest BCUT2D eigenvalue weighted by atomic mass is 16.5. The van der Waals surface area contributed by atoms with Crippen molar-refractivity contribution < 1.29 is 9.53 Å². The predicted molar refractivity (Wildman–Crippen MR) is 119 cm³/mol. The molecular formula is C23H31N5O2. The number of methoxy groups -OCH3 is 1. The minimum Gasteiger partial charge on any atom is -0.480 e. The van der Waals surface area contributed by atoms with Crippen molar-refractivity contribution in [3.8, 4) is 5.88 Å². The maximum Gasteiger partial charge on any atom is 0.254 e. The summed E-state index contributed by atoms with van der Waals surface area (Å²) in [6, 6.07) is 0. The van der Waals surface area contributed by atoms with E-state index >= 15 is 0 Å². The highest BCUT2D eigenvalue weighted by molar-refractivity contribution is 5.99. The molecule has 0 saturated heterocycles. The molecule has 7 nitrogen and oxygen atoms in total. The quantitative estimate of drug-likeness (QED) is 0.423. The molecule has 1 aromatic rings. The van der Waals surface area contributed by atoms with Crippen molar-refractivity contribution in [3.63, 3.8) is 0 Å². The summed E-state index contributed by atoms with van der Waals surface area (Å²) in [5.74, 6) is 1.21. The Morgan fingerprint density at radius 1 is 1.27 bits per heavy atom. The zero-order chi connectivity index (χ0) is 21.9. The van der Waals surface area contributed by atoms with Gasteiger partial charge in [-0.15, -0.1) is 0 Å². The molecule has 1 saturated carbocycles. The lowest BCUT2D eigenvalue weighted by Crippen LogP contribution is -2.37. The SMILES string of the molecule is C=N/C(NC1(C)CC1)=C(\C)C(C(=O)N1CC=C(c2cnc(OC)cn2)CC1)=C(C)C. The van der Waals surface area contributed by atoms with Crippen LogP contribution in [0.3, 0.4) is 0 Å². The van der Waals surface area contributed by atoms with Gasteiger partial charge in [-0.2, -0.15) is 0 Å². The lowest BCUT2D eigenvalue weighted by molar-refractivity contribution is -0.126. The first kappa shape index (κ1) is 21.7. The Hall–Kier alpha value is -2.96. The van der Waals surface area contributed by atoms with E-state index in [1.165, 1.54) is 0 Å². The topological polar surface area (TPSA) is 79.7 Å². The molecule has 0 spiro atoms. The Kier molecular flexibility index (Phi) is 6.39. The number of aliphatic imine (C=N–C) groups is 1. The van der Waals surface area contributed by atoms with Gasteiger partial charge in [0.25, 0.3) is 5.91 Å². The van der Waals surface area contributed by atoms with Crippen molar-refractivity contribution in [1.82, 2.24) is 20.2 Å².